The molecule has 0 spiro atoms. The van der Waals surface area contributed by atoms with Crippen LogP contribution in [0, 0.1) is 13.8 Å². The SMILES string of the molecule is Cc1cc2nc(-c3ccc(Cl)c(NC(=O)Cc4ccccc4)c3)oc2cc1C. The number of aryl methyl sites for hydroxylation is 2. The van der Waals surface area contributed by atoms with Crippen molar-refractivity contribution in [3.8, 4) is 11.5 Å². The van der Waals surface area contributed by atoms with E-state index in [1.807, 2.05) is 62.4 Å². The minimum atomic E-state index is -0.130. The number of nitrogens with one attached hydrogen (secondary N) is 1. The zero-order valence-electron chi connectivity index (χ0n) is 15.6. The third-order valence-corrected chi connectivity index (χ3v) is 5.03. The van der Waals surface area contributed by atoms with Gasteiger partial charge in [0.2, 0.25) is 11.8 Å². The van der Waals surface area contributed by atoms with Crippen LogP contribution in [-0.4, -0.2) is 10.9 Å². The number of nitrogens with zero attached hydrogens (tertiary/aromatic N) is 1. The fourth-order valence-electron chi connectivity index (χ4n) is 3.03. The standard InChI is InChI=1S/C23H19ClN2O2/c1-14-10-20-21(11-15(14)2)28-23(26-20)17-8-9-18(24)19(13-17)25-22(27)12-16-6-4-3-5-7-16/h3-11,13H,12H2,1-2H3,(H,25,27). The van der Waals surface area contributed by atoms with Crippen molar-refractivity contribution in [2.75, 3.05) is 5.32 Å². The molecule has 0 aliphatic carbocycles. The molecule has 0 saturated carbocycles. The molecule has 1 amide bonds. The van der Waals surface area contributed by atoms with Crippen LogP contribution >= 0.6 is 11.6 Å². The fourth-order valence-corrected chi connectivity index (χ4v) is 3.20. The number of aromatic nitrogens is 1. The van der Waals surface area contributed by atoms with Gasteiger partial charge in [0.25, 0.3) is 0 Å². The average Bonchev–Trinajstić information content (AvgIpc) is 3.07. The number of benzene rings is 3. The molecular weight excluding hydrogens is 372 g/mol. The quantitative estimate of drug-likeness (QED) is 0.468. The van der Waals surface area contributed by atoms with Crippen LogP contribution in [-0.2, 0) is 11.2 Å². The van der Waals surface area contributed by atoms with Crippen molar-refractivity contribution in [2.24, 2.45) is 0 Å². The summed E-state index contributed by atoms with van der Waals surface area (Å²) < 4.78 is 5.92. The number of carbonyl (C=O) groups is 1. The number of carbonyl (C=O) groups excluding carboxylic acids is 1. The summed E-state index contributed by atoms with van der Waals surface area (Å²) in [5, 5.41) is 3.35. The van der Waals surface area contributed by atoms with E-state index in [1.54, 1.807) is 12.1 Å². The van der Waals surface area contributed by atoms with Gasteiger partial charge in [0.1, 0.15) is 5.52 Å². The van der Waals surface area contributed by atoms with Crippen LogP contribution in [0.25, 0.3) is 22.6 Å². The van der Waals surface area contributed by atoms with Crippen LogP contribution in [0.15, 0.2) is 65.1 Å². The zero-order chi connectivity index (χ0) is 19.7. The number of oxazole rings is 1. The van der Waals surface area contributed by atoms with E-state index in [0.717, 1.165) is 33.4 Å². The van der Waals surface area contributed by atoms with Crippen molar-refractivity contribution in [3.63, 3.8) is 0 Å². The maximum atomic E-state index is 12.4. The Bertz CT molecular complexity index is 1130. The highest BCUT2D eigenvalue weighted by atomic mass is 35.5. The Morgan fingerprint density at radius 1 is 1.04 bits per heavy atom. The second-order valence-electron chi connectivity index (χ2n) is 6.83. The molecule has 0 unspecified atom stereocenters. The second-order valence-corrected chi connectivity index (χ2v) is 7.24. The molecule has 1 aromatic heterocycles. The fraction of sp³-hybridized carbons (Fsp3) is 0.130. The molecular formula is C23H19ClN2O2. The number of halogens is 1. The van der Waals surface area contributed by atoms with Gasteiger partial charge in [-0.1, -0.05) is 41.9 Å². The first-order valence-electron chi connectivity index (χ1n) is 9.01. The molecule has 0 aliphatic rings. The minimum absolute atomic E-state index is 0.130. The van der Waals surface area contributed by atoms with E-state index in [9.17, 15) is 4.79 Å². The van der Waals surface area contributed by atoms with Gasteiger partial charge < -0.3 is 9.73 Å². The summed E-state index contributed by atoms with van der Waals surface area (Å²) in [5.74, 6) is 0.365. The lowest BCUT2D eigenvalue weighted by Gasteiger charge is -2.08. The number of amides is 1. The summed E-state index contributed by atoms with van der Waals surface area (Å²) in [7, 11) is 0. The van der Waals surface area contributed by atoms with E-state index in [-0.39, 0.29) is 12.3 Å². The number of rotatable bonds is 4. The van der Waals surface area contributed by atoms with Gasteiger partial charge in [-0.3, -0.25) is 4.79 Å². The molecule has 140 valence electrons. The van der Waals surface area contributed by atoms with Gasteiger partial charge in [0, 0.05) is 5.56 Å². The molecule has 0 bridgehead atoms. The van der Waals surface area contributed by atoms with E-state index in [2.05, 4.69) is 10.3 Å². The molecule has 4 rings (SSSR count). The van der Waals surface area contributed by atoms with E-state index in [4.69, 9.17) is 16.0 Å². The lowest BCUT2D eigenvalue weighted by atomic mass is 10.1. The van der Waals surface area contributed by atoms with Gasteiger partial charge in [-0.2, -0.15) is 0 Å². The smallest absolute Gasteiger partial charge is 0.228 e. The second kappa shape index (κ2) is 7.49. The van der Waals surface area contributed by atoms with Crippen molar-refractivity contribution in [1.29, 1.82) is 0 Å². The molecule has 0 fully saturated rings. The van der Waals surface area contributed by atoms with Crippen LogP contribution < -0.4 is 5.32 Å². The molecule has 4 aromatic rings. The Balaban J connectivity index is 1.61. The summed E-state index contributed by atoms with van der Waals surface area (Å²) in [6.45, 7) is 4.09. The number of hydrogen-bond acceptors (Lipinski definition) is 3. The molecule has 1 heterocycles. The van der Waals surface area contributed by atoms with E-state index < -0.39 is 0 Å². The van der Waals surface area contributed by atoms with Gasteiger partial charge in [0.15, 0.2) is 5.58 Å². The highest BCUT2D eigenvalue weighted by Crippen LogP contribution is 2.31. The third kappa shape index (κ3) is 3.78. The molecule has 1 N–H and O–H groups in total. The van der Waals surface area contributed by atoms with Crippen LogP contribution in [0.4, 0.5) is 5.69 Å². The Morgan fingerprint density at radius 2 is 1.79 bits per heavy atom. The predicted molar refractivity (Wildman–Crippen MR) is 113 cm³/mol. The predicted octanol–water partition coefficient (Wildman–Crippen LogP) is 5.95. The molecule has 28 heavy (non-hydrogen) atoms. The summed E-state index contributed by atoms with van der Waals surface area (Å²) in [6, 6.07) is 18.9. The summed E-state index contributed by atoms with van der Waals surface area (Å²) in [4.78, 5) is 17.0. The van der Waals surface area contributed by atoms with Crippen LogP contribution in [0.5, 0.6) is 0 Å². The molecule has 0 aliphatic heterocycles. The minimum Gasteiger partial charge on any atom is -0.436 e. The first kappa shape index (κ1) is 18.3. The van der Waals surface area contributed by atoms with Crippen molar-refractivity contribution < 1.29 is 9.21 Å². The maximum Gasteiger partial charge on any atom is 0.228 e. The molecule has 3 aromatic carbocycles. The molecule has 5 heteroatoms. The number of anilines is 1. The van der Waals surface area contributed by atoms with Gasteiger partial charge in [-0.25, -0.2) is 4.98 Å². The van der Waals surface area contributed by atoms with E-state index in [1.165, 1.54) is 0 Å². The molecule has 0 radical (unpaired) electrons. The first-order chi connectivity index (χ1) is 13.5. The van der Waals surface area contributed by atoms with Gasteiger partial charge in [-0.15, -0.1) is 0 Å². The Labute approximate surface area is 168 Å². The number of hydrogen-bond donors (Lipinski definition) is 1. The highest BCUT2D eigenvalue weighted by Gasteiger charge is 2.13. The third-order valence-electron chi connectivity index (χ3n) is 4.70. The van der Waals surface area contributed by atoms with Crippen molar-refractivity contribution >= 4 is 34.3 Å². The Hall–Kier alpha value is -3.11. The lowest BCUT2D eigenvalue weighted by molar-refractivity contribution is -0.115. The van der Waals surface area contributed by atoms with Crippen LogP contribution in [0.1, 0.15) is 16.7 Å². The van der Waals surface area contributed by atoms with Crippen molar-refractivity contribution in [1.82, 2.24) is 4.98 Å². The summed E-state index contributed by atoms with van der Waals surface area (Å²) in [5.41, 5.74) is 6.10. The summed E-state index contributed by atoms with van der Waals surface area (Å²) in [6.07, 6.45) is 0.281. The van der Waals surface area contributed by atoms with E-state index in [0.29, 0.717) is 16.6 Å². The van der Waals surface area contributed by atoms with Crippen molar-refractivity contribution in [3.05, 3.63) is 82.4 Å². The highest BCUT2D eigenvalue weighted by molar-refractivity contribution is 6.33. The molecule has 0 saturated heterocycles. The molecule has 0 atom stereocenters. The van der Waals surface area contributed by atoms with Gasteiger partial charge in [0.05, 0.1) is 17.1 Å². The number of fused-ring (bicyclic) bond motifs is 1. The molecule has 4 nitrogen and oxygen atoms in total. The first-order valence-corrected chi connectivity index (χ1v) is 9.39. The topological polar surface area (TPSA) is 55.1 Å². The zero-order valence-corrected chi connectivity index (χ0v) is 16.4. The van der Waals surface area contributed by atoms with Gasteiger partial charge in [-0.05, 0) is 60.9 Å². The van der Waals surface area contributed by atoms with E-state index >= 15 is 0 Å². The monoisotopic (exact) mass is 390 g/mol. The Morgan fingerprint density at radius 3 is 2.57 bits per heavy atom. The van der Waals surface area contributed by atoms with Crippen LogP contribution in [0.2, 0.25) is 5.02 Å². The normalized spacial score (nSPS) is 11.0. The Kier molecular flexibility index (Phi) is 4.88. The van der Waals surface area contributed by atoms with Crippen LogP contribution in [0.3, 0.4) is 0 Å². The average molecular weight is 391 g/mol. The maximum absolute atomic E-state index is 12.4. The summed E-state index contributed by atoms with van der Waals surface area (Å²) >= 11 is 6.29. The van der Waals surface area contributed by atoms with Crippen molar-refractivity contribution in [2.45, 2.75) is 20.3 Å². The lowest BCUT2D eigenvalue weighted by Crippen LogP contribution is -2.14. The van der Waals surface area contributed by atoms with Gasteiger partial charge >= 0.3 is 0 Å². The largest absolute Gasteiger partial charge is 0.436 e.